The maximum Gasteiger partial charge on any atom is 0.338 e. The lowest BCUT2D eigenvalue weighted by molar-refractivity contribution is -0.124. The topological polar surface area (TPSA) is 58.6 Å². The van der Waals surface area contributed by atoms with E-state index in [1.54, 1.807) is 18.2 Å². The van der Waals surface area contributed by atoms with Crippen LogP contribution in [0.5, 0.6) is 0 Å². The van der Waals surface area contributed by atoms with Gasteiger partial charge in [0.15, 0.2) is 6.61 Å². The van der Waals surface area contributed by atoms with Crippen molar-refractivity contribution in [3.05, 3.63) is 29.8 Å². The molecule has 0 spiro atoms. The Morgan fingerprint density at radius 2 is 2.00 bits per heavy atom. The fourth-order valence-corrected chi connectivity index (χ4v) is 1.68. The first-order valence-corrected chi connectivity index (χ1v) is 7.11. The summed E-state index contributed by atoms with van der Waals surface area (Å²) in [5, 5.41) is 2.73. The Hall–Kier alpha value is -2.04. The summed E-state index contributed by atoms with van der Waals surface area (Å²) in [6, 6.07) is 7.09. The Kier molecular flexibility index (Phi) is 6.72. The van der Waals surface area contributed by atoms with Crippen LogP contribution in [-0.4, -0.2) is 39.1 Å². The van der Waals surface area contributed by atoms with Crippen LogP contribution in [0, 0.1) is 5.92 Å². The molecule has 1 amide bonds. The molecule has 1 N–H and O–H groups in total. The van der Waals surface area contributed by atoms with Crippen LogP contribution in [0.4, 0.5) is 5.69 Å². The maximum absolute atomic E-state index is 11.9. The normalized spacial score (nSPS) is 10.3. The summed E-state index contributed by atoms with van der Waals surface area (Å²) >= 11 is 0. The molecule has 0 aliphatic carbocycles. The Morgan fingerprint density at radius 3 is 2.62 bits per heavy atom. The molecule has 0 radical (unpaired) electrons. The van der Waals surface area contributed by atoms with E-state index >= 15 is 0 Å². The number of carbonyl (C=O) groups is 2. The SMILES string of the molecule is CC(C)CCNC(=O)COC(=O)c1cccc(N(C)C)c1. The lowest BCUT2D eigenvalue weighted by Crippen LogP contribution is -2.30. The van der Waals surface area contributed by atoms with Gasteiger partial charge in [-0.05, 0) is 30.5 Å². The smallest absolute Gasteiger partial charge is 0.338 e. The average Bonchev–Trinajstić information content (AvgIpc) is 2.44. The monoisotopic (exact) mass is 292 g/mol. The highest BCUT2D eigenvalue weighted by Crippen LogP contribution is 2.14. The maximum atomic E-state index is 11.9. The first kappa shape index (κ1) is 17.0. The second-order valence-corrected chi connectivity index (χ2v) is 5.55. The number of nitrogens with one attached hydrogen (secondary N) is 1. The average molecular weight is 292 g/mol. The Labute approximate surface area is 126 Å². The van der Waals surface area contributed by atoms with Crippen LogP contribution in [0.2, 0.25) is 0 Å². The number of hydrogen-bond donors (Lipinski definition) is 1. The van der Waals surface area contributed by atoms with E-state index in [4.69, 9.17) is 4.74 Å². The third-order valence-electron chi connectivity index (χ3n) is 2.98. The van der Waals surface area contributed by atoms with Gasteiger partial charge in [-0.25, -0.2) is 4.79 Å². The highest BCUT2D eigenvalue weighted by Gasteiger charge is 2.11. The predicted molar refractivity (Wildman–Crippen MR) is 83.5 cm³/mol. The third kappa shape index (κ3) is 6.29. The molecule has 0 saturated carbocycles. The van der Waals surface area contributed by atoms with Crippen LogP contribution < -0.4 is 10.2 Å². The molecule has 5 nitrogen and oxygen atoms in total. The molecule has 5 heteroatoms. The first-order chi connectivity index (χ1) is 9.90. The molecule has 0 aliphatic rings. The van der Waals surface area contributed by atoms with E-state index in [9.17, 15) is 9.59 Å². The molecule has 0 saturated heterocycles. The van der Waals surface area contributed by atoms with Crippen LogP contribution >= 0.6 is 0 Å². The highest BCUT2D eigenvalue weighted by atomic mass is 16.5. The van der Waals surface area contributed by atoms with Crippen LogP contribution in [0.15, 0.2) is 24.3 Å². The van der Waals surface area contributed by atoms with Crippen LogP contribution in [-0.2, 0) is 9.53 Å². The van der Waals surface area contributed by atoms with E-state index in [1.807, 2.05) is 25.1 Å². The molecular formula is C16H24N2O3. The number of carbonyl (C=O) groups excluding carboxylic acids is 2. The second kappa shape index (κ2) is 8.29. The minimum absolute atomic E-state index is 0.247. The fourth-order valence-electron chi connectivity index (χ4n) is 1.68. The van der Waals surface area contributed by atoms with E-state index in [1.165, 1.54) is 0 Å². The number of benzene rings is 1. The zero-order valence-electron chi connectivity index (χ0n) is 13.2. The summed E-state index contributed by atoms with van der Waals surface area (Å²) in [4.78, 5) is 25.3. The van der Waals surface area contributed by atoms with Crippen LogP contribution in [0.1, 0.15) is 30.6 Å². The van der Waals surface area contributed by atoms with Crippen molar-refractivity contribution in [2.75, 3.05) is 32.1 Å². The minimum atomic E-state index is -0.488. The molecular weight excluding hydrogens is 268 g/mol. The van der Waals surface area contributed by atoms with Gasteiger partial charge in [0.25, 0.3) is 5.91 Å². The molecule has 0 unspecified atom stereocenters. The minimum Gasteiger partial charge on any atom is -0.452 e. The number of esters is 1. The van der Waals surface area contributed by atoms with Gasteiger partial charge in [-0.15, -0.1) is 0 Å². The third-order valence-corrected chi connectivity index (χ3v) is 2.98. The van der Waals surface area contributed by atoms with Gasteiger partial charge in [0.05, 0.1) is 5.56 Å². The Balaban J connectivity index is 2.43. The second-order valence-electron chi connectivity index (χ2n) is 5.55. The largest absolute Gasteiger partial charge is 0.452 e. The van der Waals surface area contributed by atoms with Gasteiger partial charge in [-0.2, -0.15) is 0 Å². The van der Waals surface area contributed by atoms with Crippen LogP contribution in [0.25, 0.3) is 0 Å². The van der Waals surface area contributed by atoms with Crippen LogP contribution in [0.3, 0.4) is 0 Å². The van der Waals surface area contributed by atoms with Gasteiger partial charge in [0.1, 0.15) is 0 Å². The van der Waals surface area contributed by atoms with E-state index in [-0.39, 0.29) is 12.5 Å². The zero-order valence-corrected chi connectivity index (χ0v) is 13.2. The summed E-state index contributed by atoms with van der Waals surface area (Å²) < 4.78 is 5.01. The highest BCUT2D eigenvalue weighted by molar-refractivity contribution is 5.92. The van der Waals surface area contributed by atoms with E-state index < -0.39 is 5.97 Å². The van der Waals surface area contributed by atoms with Crippen molar-refractivity contribution in [1.29, 1.82) is 0 Å². The lowest BCUT2D eigenvalue weighted by atomic mass is 10.1. The molecule has 0 aliphatic heterocycles. The summed E-state index contributed by atoms with van der Waals surface area (Å²) in [5.74, 6) is -0.230. The van der Waals surface area contributed by atoms with Gasteiger partial charge >= 0.3 is 5.97 Å². The van der Waals surface area contributed by atoms with E-state index in [0.29, 0.717) is 18.0 Å². The molecule has 0 heterocycles. The van der Waals surface area contributed by atoms with E-state index in [0.717, 1.165) is 12.1 Å². The van der Waals surface area contributed by atoms with Crippen molar-refractivity contribution in [1.82, 2.24) is 5.32 Å². The van der Waals surface area contributed by atoms with Crippen molar-refractivity contribution in [2.24, 2.45) is 5.92 Å². The molecule has 0 fully saturated rings. The van der Waals surface area contributed by atoms with Gasteiger partial charge in [0, 0.05) is 26.3 Å². The molecule has 21 heavy (non-hydrogen) atoms. The number of amides is 1. The zero-order chi connectivity index (χ0) is 15.8. The van der Waals surface area contributed by atoms with Gasteiger partial charge < -0.3 is 15.0 Å². The summed E-state index contributed by atoms with van der Waals surface area (Å²) in [6.07, 6.45) is 0.907. The molecule has 1 aromatic rings. The molecule has 1 aromatic carbocycles. The number of anilines is 1. The molecule has 0 atom stereocenters. The summed E-state index contributed by atoms with van der Waals surface area (Å²) in [6.45, 7) is 4.53. The molecule has 1 rings (SSSR count). The Bertz CT molecular complexity index is 484. The van der Waals surface area contributed by atoms with Crippen molar-refractivity contribution in [2.45, 2.75) is 20.3 Å². The summed E-state index contributed by atoms with van der Waals surface area (Å²) in [5.41, 5.74) is 1.35. The van der Waals surface area contributed by atoms with E-state index in [2.05, 4.69) is 19.2 Å². The molecule has 0 bridgehead atoms. The van der Waals surface area contributed by atoms with Gasteiger partial charge in [0.2, 0.25) is 0 Å². The quantitative estimate of drug-likeness (QED) is 0.782. The van der Waals surface area contributed by atoms with Crippen molar-refractivity contribution < 1.29 is 14.3 Å². The Morgan fingerprint density at radius 1 is 1.29 bits per heavy atom. The van der Waals surface area contributed by atoms with Gasteiger partial charge in [-0.3, -0.25) is 4.79 Å². The number of hydrogen-bond acceptors (Lipinski definition) is 4. The first-order valence-electron chi connectivity index (χ1n) is 7.11. The predicted octanol–water partition coefficient (Wildman–Crippen LogP) is 2.07. The number of rotatable bonds is 7. The lowest BCUT2D eigenvalue weighted by Gasteiger charge is -2.13. The molecule has 0 aromatic heterocycles. The fraction of sp³-hybridized carbons (Fsp3) is 0.500. The number of ether oxygens (including phenoxy) is 1. The summed E-state index contributed by atoms with van der Waals surface area (Å²) in [7, 11) is 3.79. The van der Waals surface area contributed by atoms with Crippen molar-refractivity contribution in [3.63, 3.8) is 0 Å². The van der Waals surface area contributed by atoms with Crippen molar-refractivity contribution in [3.8, 4) is 0 Å². The standard InChI is InChI=1S/C16H24N2O3/c1-12(2)8-9-17-15(19)11-21-16(20)13-6-5-7-14(10-13)18(3)4/h5-7,10,12H,8-9,11H2,1-4H3,(H,17,19). The number of nitrogens with zero attached hydrogens (tertiary/aromatic N) is 1. The van der Waals surface area contributed by atoms with Gasteiger partial charge in [-0.1, -0.05) is 19.9 Å². The van der Waals surface area contributed by atoms with Crippen molar-refractivity contribution >= 4 is 17.6 Å². The molecule has 116 valence electrons.